The van der Waals surface area contributed by atoms with Crippen LogP contribution < -0.4 is 20.5 Å². The summed E-state index contributed by atoms with van der Waals surface area (Å²) in [4.78, 5) is 36.8. The standard InChI is InChI=1S/C30H41N5O4/c1-8-34(9-2)30-31-18-23(16-19(3)4)27(33-30)32-24(29(37)38)17-21-10-12-22(13-11-21)26-25(39-7)14-15-35(20(5)6)28(26)36/h10-15,18-20,24H,8-9,16-17H2,1-7H3,(H,37,38)(H,31,32,33)/t24-/m0/s1. The third-order valence-corrected chi connectivity index (χ3v) is 6.68. The lowest BCUT2D eigenvalue weighted by atomic mass is 10.00. The number of hydrogen-bond acceptors (Lipinski definition) is 7. The first-order chi connectivity index (χ1) is 18.6. The molecular formula is C30H41N5O4. The fourth-order valence-corrected chi connectivity index (χ4v) is 4.55. The highest BCUT2D eigenvalue weighted by Crippen LogP contribution is 2.28. The first-order valence-electron chi connectivity index (χ1n) is 13.6. The molecule has 1 aromatic carbocycles. The second-order valence-corrected chi connectivity index (χ2v) is 10.3. The number of carboxylic acid groups (broad SMARTS) is 1. The molecule has 0 saturated carbocycles. The van der Waals surface area contributed by atoms with Crippen molar-refractivity contribution < 1.29 is 14.6 Å². The van der Waals surface area contributed by atoms with Crippen LogP contribution in [0.5, 0.6) is 5.75 Å². The van der Waals surface area contributed by atoms with Gasteiger partial charge in [-0.05, 0) is 57.2 Å². The van der Waals surface area contributed by atoms with Crippen LogP contribution in [0.25, 0.3) is 11.1 Å². The predicted octanol–water partition coefficient (Wildman–Crippen LogP) is 5.05. The molecule has 3 rings (SSSR count). The van der Waals surface area contributed by atoms with Crippen molar-refractivity contribution in [2.24, 2.45) is 5.92 Å². The Balaban J connectivity index is 1.91. The molecule has 0 aliphatic heterocycles. The number of pyridine rings is 1. The predicted molar refractivity (Wildman–Crippen MR) is 156 cm³/mol. The number of aliphatic carboxylic acids is 1. The molecule has 0 bridgehead atoms. The number of carbonyl (C=O) groups is 1. The molecule has 0 aliphatic carbocycles. The van der Waals surface area contributed by atoms with Crippen molar-refractivity contribution in [1.29, 1.82) is 0 Å². The zero-order valence-corrected chi connectivity index (χ0v) is 24.1. The van der Waals surface area contributed by atoms with E-state index in [1.807, 2.05) is 56.9 Å². The van der Waals surface area contributed by atoms with Crippen LogP contribution in [0, 0.1) is 5.92 Å². The highest BCUT2D eigenvalue weighted by atomic mass is 16.5. The summed E-state index contributed by atoms with van der Waals surface area (Å²) in [5.41, 5.74) is 2.78. The number of aromatic nitrogens is 3. The van der Waals surface area contributed by atoms with Crippen LogP contribution in [-0.4, -0.2) is 51.9 Å². The van der Waals surface area contributed by atoms with Crippen molar-refractivity contribution in [2.75, 3.05) is 30.4 Å². The molecular weight excluding hydrogens is 494 g/mol. The molecule has 3 aromatic rings. The summed E-state index contributed by atoms with van der Waals surface area (Å²) in [5, 5.41) is 13.3. The van der Waals surface area contributed by atoms with Gasteiger partial charge in [-0.3, -0.25) is 4.79 Å². The fourth-order valence-electron chi connectivity index (χ4n) is 4.55. The van der Waals surface area contributed by atoms with Gasteiger partial charge in [-0.2, -0.15) is 4.98 Å². The fraction of sp³-hybridized carbons (Fsp3) is 0.467. The smallest absolute Gasteiger partial charge is 0.326 e. The number of nitrogens with zero attached hydrogens (tertiary/aromatic N) is 4. The third kappa shape index (κ3) is 7.16. The molecule has 2 N–H and O–H groups in total. The monoisotopic (exact) mass is 535 g/mol. The lowest BCUT2D eigenvalue weighted by molar-refractivity contribution is -0.137. The number of carboxylic acids is 1. The van der Waals surface area contributed by atoms with E-state index in [1.54, 1.807) is 30.1 Å². The first kappa shape index (κ1) is 29.7. The van der Waals surface area contributed by atoms with E-state index >= 15 is 0 Å². The Morgan fingerprint density at radius 1 is 1.08 bits per heavy atom. The maximum absolute atomic E-state index is 13.2. The average Bonchev–Trinajstić information content (AvgIpc) is 2.90. The van der Waals surface area contributed by atoms with E-state index in [1.165, 1.54) is 0 Å². The Hall–Kier alpha value is -3.88. The quantitative estimate of drug-likeness (QED) is 0.313. The molecule has 39 heavy (non-hydrogen) atoms. The summed E-state index contributed by atoms with van der Waals surface area (Å²) < 4.78 is 7.14. The Kier molecular flexibility index (Phi) is 10.1. The molecule has 0 radical (unpaired) electrons. The summed E-state index contributed by atoms with van der Waals surface area (Å²) in [6.07, 6.45) is 4.51. The summed E-state index contributed by atoms with van der Waals surface area (Å²) in [6, 6.07) is 8.29. The van der Waals surface area contributed by atoms with Gasteiger partial charge in [0, 0.05) is 43.5 Å². The Morgan fingerprint density at radius 3 is 2.28 bits per heavy atom. The zero-order valence-electron chi connectivity index (χ0n) is 24.1. The van der Waals surface area contributed by atoms with Gasteiger partial charge >= 0.3 is 5.97 Å². The lowest BCUT2D eigenvalue weighted by Gasteiger charge is -2.23. The molecule has 0 saturated heterocycles. The van der Waals surface area contributed by atoms with Gasteiger partial charge in [0.05, 0.1) is 12.7 Å². The Morgan fingerprint density at radius 2 is 1.74 bits per heavy atom. The van der Waals surface area contributed by atoms with Crippen molar-refractivity contribution in [1.82, 2.24) is 14.5 Å². The molecule has 210 valence electrons. The van der Waals surface area contributed by atoms with E-state index in [4.69, 9.17) is 9.72 Å². The minimum atomic E-state index is -0.970. The third-order valence-electron chi connectivity index (χ3n) is 6.68. The number of rotatable bonds is 13. The highest BCUT2D eigenvalue weighted by molar-refractivity contribution is 5.78. The van der Waals surface area contributed by atoms with Crippen LogP contribution in [0.15, 0.2) is 47.5 Å². The van der Waals surface area contributed by atoms with Gasteiger partial charge in [-0.15, -0.1) is 0 Å². The van der Waals surface area contributed by atoms with Crippen LogP contribution in [0.1, 0.15) is 58.7 Å². The summed E-state index contributed by atoms with van der Waals surface area (Å²) in [6.45, 7) is 13.7. The van der Waals surface area contributed by atoms with E-state index < -0.39 is 12.0 Å². The number of benzene rings is 1. The number of anilines is 2. The molecule has 0 fully saturated rings. The van der Waals surface area contributed by atoms with E-state index in [0.29, 0.717) is 34.6 Å². The Bertz CT molecular complexity index is 1310. The van der Waals surface area contributed by atoms with E-state index in [2.05, 4.69) is 24.1 Å². The second kappa shape index (κ2) is 13.3. The topological polar surface area (TPSA) is 110 Å². The summed E-state index contributed by atoms with van der Waals surface area (Å²) in [7, 11) is 1.54. The number of ether oxygens (including phenoxy) is 1. The molecule has 2 aromatic heterocycles. The van der Waals surface area contributed by atoms with Gasteiger partial charge in [0.2, 0.25) is 5.95 Å². The maximum Gasteiger partial charge on any atom is 0.326 e. The minimum absolute atomic E-state index is 0.00783. The highest BCUT2D eigenvalue weighted by Gasteiger charge is 2.22. The molecule has 1 atom stereocenters. The Labute approximate surface area is 230 Å². The average molecular weight is 536 g/mol. The van der Waals surface area contributed by atoms with Gasteiger partial charge < -0.3 is 24.6 Å². The van der Waals surface area contributed by atoms with Gasteiger partial charge in [0.15, 0.2) is 0 Å². The van der Waals surface area contributed by atoms with Gasteiger partial charge in [0.25, 0.3) is 5.56 Å². The minimum Gasteiger partial charge on any atom is -0.496 e. The van der Waals surface area contributed by atoms with Crippen LogP contribution >= 0.6 is 0 Å². The number of nitrogens with one attached hydrogen (secondary N) is 1. The molecule has 0 aliphatic rings. The van der Waals surface area contributed by atoms with Gasteiger partial charge in [-0.1, -0.05) is 38.1 Å². The largest absolute Gasteiger partial charge is 0.496 e. The van der Waals surface area contributed by atoms with E-state index in [0.717, 1.165) is 30.6 Å². The van der Waals surface area contributed by atoms with Crippen molar-refractivity contribution >= 4 is 17.7 Å². The van der Waals surface area contributed by atoms with Crippen LogP contribution in [0.4, 0.5) is 11.8 Å². The van der Waals surface area contributed by atoms with Crippen molar-refractivity contribution in [3.63, 3.8) is 0 Å². The molecule has 2 heterocycles. The van der Waals surface area contributed by atoms with Gasteiger partial charge in [0.1, 0.15) is 17.6 Å². The number of hydrogen-bond donors (Lipinski definition) is 2. The number of methoxy groups -OCH3 is 1. The van der Waals surface area contributed by atoms with Crippen LogP contribution in [0.2, 0.25) is 0 Å². The lowest BCUT2D eigenvalue weighted by Crippen LogP contribution is -2.33. The molecule has 9 heteroatoms. The normalized spacial score (nSPS) is 12.0. The van der Waals surface area contributed by atoms with Crippen molar-refractivity contribution in [2.45, 2.75) is 66.5 Å². The second-order valence-electron chi connectivity index (χ2n) is 10.3. The molecule has 0 amide bonds. The van der Waals surface area contributed by atoms with Gasteiger partial charge in [-0.25, -0.2) is 9.78 Å². The summed E-state index contributed by atoms with van der Waals surface area (Å²) in [5.74, 6) is 1.02. The SMILES string of the molecule is CCN(CC)c1ncc(CC(C)C)c(N[C@@H](Cc2ccc(-c3c(OC)ccn(C(C)C)c3=O)cc2)C(=O)O)n1. The van der Waals surface area contributed by atoms with Crippen LogP contribution in [0.3, 0.4) is 0 Å². The van der Waals surface area contributed by atoms with E-state index in [9.17, 15) is 14.7 Å². The van der Waals surface area contributed by atoms with Crippen molar-refractivity contribution in [3.8, 4) is 16.9 Å². The molecule has 0 spiro atoms. The van der Waals surface area contributed by atoms with E-state index in [-0.39, 0.29) is 18.0 Å². The van der Waals surface area contributed by atoms with Crippen molar-refractivity contribution in [3.05, 3.63) is 64.2 Å². The molecule has 9 nitrogen and oxygen atoms in total. The van der Waals surface area contributed by atoms with Crippen LogP contribution in [-0.2, 0) is 17.6 Å². The maximum atomic E-state index is 13.2. The zero-order chi connectivity index (χ0) is 28.7. The molecule has 0 unspecified atom stereocenters. The first-order valence-corrected chi connectivity index (χ1v) is 13.6. The summed E-state index contributed by atoms with van der Waals surface area (Å²) >= 11 is 0.